The standard InChI is InChI=1S/C13H15N/c1-9-4-2-3-5-12(9)13-7-11-6-10(13)8-14-11/h2-5,7,10-11,14H,6,8H2,1H3/t10?,11-/m1/s1. The number of aryl methyl sites for hydroxylation is 1. The number of rotatable bonds is 1. The second kappa shape index (κ2) is 2.96. The first-order valence-electron chi connectivity index (χ1n) is 5.36. The predicted octanol–water partition coefficient (Wildman–Crippen LogP) is 2.37. The van der Waals surface area contributed by atoms with Crippen molar-refractivity contribution in [2.24, 2.45) is 5.92 Å². The topological polar surface area (TPSA) is 12.0 Å². The van der Waals surface area contributed by atoms with Crippen molar-refractivity contribution in [3.63, 3.8) is 0 Å². The molecule has 2 atom stereocenters. The van der Waals surface area contributed by atoms with Gasteiger partial charge in [0.1, 0.15) is 0 Å². The molecule has 72 valence electrons. The molecule has 2 bridgehead atoms. The number of hydrogen-bond donors (Lipinski definition) is 1. The summed E-state index contributed by atoms with van der Waals surface area (Å²) in [7, 11) is 0. The van der Waals surface area contributed by atoms with Crippen LogP contribution in [0.3, 0.4) is 0 Å². The van der Waals surface area contributed by atoms with Gasteiger partial charge in [-0.1, -0.05) is 30.3 Å². The lowest BCUT2D eigenvalue weighted by atomic mass is 9.92. The van der Waals surface area contributed by atoms with Gasteiger partial charge in [-0.05, 0) is 36.0 Å². The highest BCUT2D eigenvalue weighted by atomic mass is 15.0. The lowest BCUT2D eigenvalue weighted by molar-refractivity contribution is 0.723. The van der Waals surface area contributed by atoms with Crippen molar-refractivity contribution in [3.8, 4) is 0 Å². The van der Waals surface area contributed by atoms with Crippen LogP contribution in [-0.4, -0.2) is 12.6 Å². The highest BCUT2D eigenvalue weighted by molar-refractivity contribution is 5.73. The third-order valence-electron chi connectivity index (χ3n) is 3.44. The highest BCUT2D eigenvalue weighted by Crippen LogP contribution is 2.38. The van der Waals surface area contributed by atoms with E-state index in [2.05, 4.69) is 42.6 Å². The molecule has 1 saturated heterocycles. The molecule has 1 aliphatic carbocycles. The van der Waals surface area contributed by atoms with E-state index >= 15 is 0 Å². The number of hydrogen-bond acceptors (Lipinski definition) is 1. The molecule has 1 heteroatoms. The maximum atomic E-state index is 3.50. The second-order valence-corrected chi connectivity index (χ2v) is 4.38. The van der Waals surface area contributed by atoms with E-state index in [0.29, 0.717) is 6.04 Å². The van der Waals surface area contributed by atoms with Crippen molar-refractivity contribution in [2.45, 2.75) is 19.4 Å². The van der Waals surface area contributed by atoms with Crippen molar-refractivity contribution < 1.29 is 0 Å². The van der Waals surface area contributed by atoms with Gasteiger partial charge in [-0.3, -0.25) is 0 Å². The average molecular weight is 185 g/mol. The quantitative estimate of drug-likeness (QED) is 0.708. The molecule has 0 saturated carbocycles. The van der Waals surface area contributed by atoms with Gasteiger partial charge in [0.05, 0.1) is 0 Å². The molecule has 1 N–H and O–H groups in total. The summed E-state index contributed by atoms with van der Waals surface area (Å²) in [5.41, 5.74) is 4.44. The van der Waals surface area contributed by atoms with Crippen LogP contribution in [0.2, 0.25) is 0 Å². The fourth-order valence-electron chi connectivity index (χ4n) is 2.69. The maximum absolute atomic E-state index is 3.50. The molecule has 1 aliphatic heterocycles. The predicted molar refractivity (Wildman–Crippen MR) is 59.1 cm³/mol. The van der Waals surface area contributed by atoms with Crippen molar-refractivity contribution in [1.29, 1.82) is 0 Å². The minimum absolute atomic E-state index is 0.648. The summed E-state index contributed by atoms with van der Waals surface area (Å²) in [6, 6.07) is 9.36. The van der Waals surface area contributed by atoms with E-state index in [0.717, 1.165) is 5.92 Å². The summed E-state index contributed by atoms with van der Waals surface area (Å²) in [6.45, 7) is 3.38. The van der Waals surface area contributed by atoms with Gasteiger partial charge in [0.15, 0.2) is 0 Å². The monoisotopic (exact) mass is 185 g/mol. The van der Waals surface area contributed by atoms with Crippen molar-refractivity contribution >= 4 is 5.57 Å². The number of fused-ring (bicyclic) bond motifs is 2. The summed E-state index contributed by atoms with van der Waals surface area (Å²) in [6.07, 6.45) is 3.72. The van der Waals surface area contributed by atoms with E-state index in [1.807, 2.05) is 0 Å². The Kier molecular flexibility index (Phi) is 1.74. The molecule has 3 rings (SSSR count). The Morgan fingerprint density at radius 1 is 1.29 bits per heavy atom. The first-order chi connectivity index (χ1) is 6.84. The molecule has 1 aromatic rings. The summed E-state index contributed by atoms with van der Waals surface area (Å²) in [5.74, 6) is 0.765. The fraction of sp³-hybridized carbons (Fsp3) is 0.385. The maximum Gasteiger partial charge on any atom is 0.0262 e. The zero-order chi connectivity index (χ0) is 9.54. The Balaban J connectivity index is 2.04. The molecule has 1 heterocycles. The van der Waals surface area contributed by atoms with Crippen molar-refractivity contribution in [3.05, 3.63) is 41.5 Å². The Morgan fingerprint density at radius 3 is 2.79 bits per heavy atom. The van der Waals surface area contributed by atoms with Crippen LogP contribution >= 0.6 is 0 Å². The molecular weight excluding hydrogens is 170 g/mol. The molecule has 2 aliphatic rings. The van der Waals surface area contributed by atoms with Crippen LogP contribution in [0.15, 0.2) is 30.3 Å². The highest BCUT2D eigenvalue weighted by Gasteiger charge is 2.33. The smallest absolute Gasteiger partial charge is 0.0262 e. The zero-order valence-electron chi connectivity index (χ0n) is 8.46. The summed E-state index contributed by atoms with van der Waals surface area (Å²) < 4.78 is 0. The second-order valence-electron chi connectivity index (χ2n) is 4.38. The third-order valence-corrected chi connectivity index (χ3v) is 3.44. The lowest BCUT2D eigenvalue weighted by Gasteiger charge is -2.16. The molecule has 0 aromatic heterocycles. The molecular formula is C13H15N. The summed E-state index contributed by atoms with van der Waals surface area (Å²) in [4.78, 5) is 0. The van der Waals surface area contributed by atoms with Gasteiger partial charge in [0, 0.05) is 12.6 Å². The molecule has 14 heavy (non-hydrogen) atoms. The van der Waals surface area contributed by atoms with Crippen LogP contribution in [0.25, 0.3) is 5.57 Å². The van der Waals surface area contributed by atoms with Crippen LogP contribution in [0.1, 0.15) is 17.5 Å². The number of benzene rings is 1. The molecule has 1 fully saturated rings. The van der Waals surface area contributed by atoms with E-state index in [1.165, 1.54) is 24.1 Å². The van der Waals surface area contributed by atoms with E-state index in [9.17, 15) is 0 Å². The van der Waals surface area contributed by atoms with Gasteiger partial charge in [0.25, 0.3) is 0 Å². The van der Waals surface area contributed by atoms with Crippen molar-refractivity contribution in [2.75, 3.05) is 6.54 Å². The van der Waals surface area contributed by atoms with Gasteiger partial charge in [-0.15, -0.1) is 0 Å². The molecule has 1 nitrogen and oxygen atoms in total. The molecule has 1 aromatic carbocycles. The van der Waals surface area contributed by atoms with Gasteiger partial charge >= 0.3 is 0 Å². The molecule has 0 radical (unpaired) electrons. The normalized spacial score (nSPS) is 29.4. The minimum Gasteiger partial charge on any atom is -0.310 e. The zero-order valence-corrected chi connectivity index (χ0v) is 8.46. The van der Waals surface area contributed by atoms with Crippen LogP contribution in [0.5, 0.6) is 0 Å². The molecule has 1 unspecified atom stereocenters. The van der Waals surface area contributed by atoms with E-state index in [4.69, 9.17) is 0 Å². The Bertz CT molecular complexity index is 392. The van der Waals surface area contributed by atoms with Crippen LogP contribution < -0.4 is 5.32 Å². The Hall–Kier alpha value is -1.08. The van der Waals surface area contributed by atoms with Gasteiger partial charge in [-0.2, -0.15) is 0 Å². The average Bonchev–Trinajstić information content (AvgIpc) is 2.79. The van der Waals surface area contributed by atoms with Crippen LogP contribution in [0.4, 0.5) is 0 Å². The van der Waals surface area contributed by atoms with E-state index in [1.54, 1.807) is 5.57 Å². The minimum atomic E-state index is 0.648. The van der Waals surface area contributed by atoms with E-state index < -0.39 is 0 Å². The summed E-state index contributed by atoms with van der Waals surface area (Å²) >= 11 is 0. The van der Waals surface area contributed by atoms with Gasteiger partial charge in [-0.25, -0.2) is 0 Å². The molecule has 0 spiro atoms. The largest absolute Gasteiger partial charge is 0.310 e. The first-order valence-corrected chi connectivity index (χ1v) is 5.36. The lowest BCUT2D eigenvalue weighted by Crippen LogP contribution is -2.22. The third kappa shape index (κ3) is 1.12. The fourth-order valence-corrected chi connectivity index (χ4v) is 2.69. The van der Waals surface area contributed by atoms with Crippen LogP contribution in [0, 0.1) is 12.8 Å². The number of nitrogens with one attached hydrogen (secondary N) is 1. The van der Waals surface area contributed by atoms with Gasteiger partial charge < -0.3 is 5.32 Å². The first kappa shape index (κ1) is 8.25. The SMILES string of the molecule is Cc1ccccc1C1=C[C@H]2CC1CN2. The summed E-state index contributed by atoms with van der Waals surface area (Å²) in [5, 5.41) is 3.50. The van der Waals surface area contributed by atoms with Gasteiger partial charge in [0.2, 0.25) is 0 Å². The Morgan fingerprint density at radius 2 is 2.14 bits per heavy atom. The van der Waals surface area contributed by atoms with E-state index in [-0.39, 0.29) is 0 Å². The molecule has 0 amide bonds. The van der Waals surface area contributed by atoms with Crippen LogP contribution in [-0.2, 0) is 0 Å². The Labute approximate surface area is 84.8 Å². The van der Waals surface area contributed by atoms with Crippen molar-refractivity contribution in [1.82, 2.24) is 5.32 Å².